The summed E-state index contributed by atoms with van der Waals surface area (Å²) >= 11 is 0. The number of pyridine rings is 2. The highest BCUT2D eigenvalue weighted by Gasteiger charge is 2.14. The van der Waals surface area contributed by atoms with Crippen molar-refractivity contribution in [1.82, 2.24) is 9.97 Å². The molecule has 0 saturated carbocycles. The van der Waals surface area contributed by atoms with Crippen molar-refractivity contribution in [3.8, 4) is 0 Å². The summed E-state index contributed by atoms with van der Waals surface area (Å²) in [6.45, 7) is 0. The zero-order chi connectivity index (χ0) is 19.5. The number of aromatic nitrogens is 2. The highest BCUT2D eigenvalue weighted by molar-refractivity contribution is 6.13. The van der Waals surface area contributed by atoms with E-state index in [1.54, 1.807) is 30.6 Å². The molecule has 6 heteroatoms. The number of benzene rings is 2. The maximum absolute atomic E-state index is 13.4. The highest BCUT2D eigenvalue weighted by Crippen LogP contribution is 2.25. The highest BCUT2D eigenvalue weighted by atomic mass is 19.1. The molecule has 0 aliphatic rings. The number of nitrogen functional groups attached to an aromatic ring is 1. The van der Waals surface area contributed by atoms with Gasteiger partial charge in [0.25, 0.3) is 5.91 Å². The van der Waals surface area contributed by atoms with Crippen LogP contribution in [0.2, 0.25) is 0 Å². The molecule has 0 atom stereocenters. The molecule has 138 valence electrons. The summed E-state index contributed by atoms with van der Waals surface area (Å²) in [6.07, 6.45) is 5.18. The quantitative estimate of drug-likeness (QED) is 0.563. The predicted octanol–water partition coefficient (Wildman–Crippen LogP) is 4.19. The number of carbonyl (C=O) groups excluding carboxylic acids is 1. The van der Waals surface area contributed by atoms with Crippen molar-refractivity contribution in [2.45, 2.75) is 6.42 Å². The first-order valence-electron chi connectivity index (χ1n) is 8.74. The van der Waals surface area contributed by atoms with E-state index in [9.17, 15) is 9.18 Å². The van der Waals surface area contributed by atoms with Crippen molar-refractivity contribution in [1.29, 1.82) is 0 Å². The summed E-state index contributed by atoms with van der Waals surface area (Å²) in [5.74, 6) is -0.622. The third-order valence-corrected chi connectivity index (χ3v) is 4.49. The lowest BCUT2D eigenvalue weighted by Gasteiger charge is -2.12. The van der Waals surface area contributed by atoms with E-state index in [1.165, 1.54) is 18.3 Å². The van der Waals surface area contributed by atoms with Crippen LogP contribution in [0.25, 0.3) is 10.8 Å². The molecule has 28 heavy (non-hydrogen) atoms. The minimum Gasteiger partial charge on any atom is -0.396 e. The van der Waals surface area contributed by atoms with E-state index < -0.39 is 0 Å². The van der Waals surface area contributed by atoms with Crippen LogP contribution in [0.3, 0.4) is 0 Å². The van der Waals surface area contributed by atoms with Crippen LogP contribution in [-0.2, 0) is 6.42 Å². The first kappa shape index (κ1) is 17.6. The number of hydrogen-bond acceptors (Lipinski definition) is 4. The molecule has 0 spiro atoms. The lowest BCUT2D eigenvalue weighted by atomic mass is 10.1. The topological polar surface area (TPSA) is 80.9 Å². The van der Waals surface area contributed by atoms with Gasteiger partial charge in [-0.3, -0.25) is 14.8 Å². The lowest BCUT2D eigenvalue weighted by Crippen LogP contribution is -2.15. The number of hydrogen-bond donors (Lipinski definition) is 2. The molecule has 0 bridgehead atoms. The Morgan fingerprint density at radius 1 is 1.07 bits per heavy atom. The van der Waals surface area contributed by atoms with Gasteiger partial charge in [-0.2, -0.15) is 0 Å². The fraction of sp³-hybridized carbons (Fsp3) is 0.0455. The summed E-state index contributed by atoms with van der Waals surface area (Å²) in [7, 11) is 0. The molecule has 3 N–H and O–H groups in total. The standard InChI is InChI=1S/C22H17FN4O/c23-16-6-3-4-14(10-16)11-20-21(24)19(8-9-26-20)27-22(28)18-13-25-12-15-5-1-2-7-17(15)18/h1-10,12-13H,11,24H2,(H,26,27,28). The summed E-state index contributed by atoms with van der Waals surface area (Å²) in [4.78, 5) is 21.2. The Balaban J connectivity index is 1.62. The first-order valence-corrected chi connectivity index (χ1v) is 8.74. The molecule has 4 rings (SSSR count). The van der Waals surface area contributed by atoms with Gasteiger partial charge >= 0.3 is 0 Å². The van der Waals surface area contributed by atoms with E-state index in [0.717, 1.165) is 16.3 Å². The molecular weight excluding hydrogens is 355 g/mol. The number of rotatable bonds is 4. The van der Waals surface area contributed by atoms with Gasteiger partial charge in [0.1, 0.15) is 5.82 Å². The number of carbonyl (C=O) groups is 1. The Kier molecular flexibility index (Phi) is 4.68. The van der Waals surface area contributed by atoms with E-state index in [0.29, 0.717) is 29.1 Å². The van der Waals surface area contributed by atoms with Crippen LogP contribution in [0.15, 0.2) is 73.2 Å². The molecule has 2 aromatic heterocycles. The summed E-state index contributed by atoms with van der Waals surface area (Å²) < 4.78 is 13.4. The Bertz CT molecular complexity index is 1170. The summed E-state index contributed by atoms with van der Waals surface area (Å²) in [6, 6.07) is 15.4. The molecule has 0 aliphatic carbocycles. The number of halogens is 1. The fourth-order valence-corrected chi connectivity index (χ4v) is 3.09. The predicted molar refractivity (Wildman–Crippen MR) is 108 cm³/mol. The Labute approximate surface area is 161 Å². The van der Waals surface area contributed by atoms with Crippen LogP contribution in [-0.4, -0.2) is 15.9 Å². The van der Waals surface area contributed by atoms with Crippen LogP contribution < -0.4 is 11.1 Å². The average molecular weight is 372 g/mol. The van der Waals surface area contributed by atoms with Gasteiger partial charge in [0.15, 0.2) is 0 Å². The summed E-state index contributed by atoms with van der Waals surface area (Å²) in [5, 5.41) is 4.53. The van der Waals surface area contributed by atoms with E-state index in [1.807, 2.05) is 24.3 Å². The molecule has 0 aliphatic heterocycles. The zero-order valence-electron chi connectivity index (χ0n) is 14.9. The van der Waals surface area contributed by atoms with Gasteiger partial charge in [0.05, 0.1) is 22.6 Å². The third-order valence-electron chi connectivity index (χ3n) is 4.49. The fourth-order valence-electron chi connectivity index (χ4n) is 3.09. The van der Waals surface area contributed by atoms with Crippen molar-refractivity contribution in [3.05, 3.63) is 95.8 Å². The second-order valence-corrected chi connectivity index (χ2v) is 6.39. The molecule has 5 nitrogen and oxygen atoms in total. The van der Waals surface area contributed by atoms with Gasteiger partial charge in [-0.05, 0) is 29.1 Å². The average Bonchev–Trinajstić information content (AvgIpc) is 2.70. The van der Waals surface area contributed by atoms with E-state index in [4.69, 9.17) is 5.73 Å². The van der Waals surface area contributed by atoms with Gasteiger partial charge in [0, 0.05) is 30.4 Å². The maximum Gasteiger partial charge on any atom is 0.257 e. The van der Waals surface area contributed by atoms with Gasteiger partial charge in [0.2, 0.25) is 0 Å². The smallest absolute Gasteiger partial charge is 0.257 e. The van der Waals surface area contributed by atoms with Crippen molar-refractivity contribution in [2.75, 3.05) is 11.1 Å². The number of anilines is 2. The Hall–Kier alpha value is -3.80. The second-order valence-electron chi connectivity index (χ2n) is 6.39. The molecule has 2 heterocycles. The van der Waals surface area contributed by atoms with Crippen molar-refractivity contribution < 1.29 is 9.18 Å². The Morgan fingerprint density at radius 3 is 2.79 bits per heavy atom. The van der Waals surface area contributed by atoms with Crippen molar-refractivity contribution >= 4 is 28.1 Å². The SMILES string of the molecule is Nc1c(NC(=O)c2cncc3ccccc23)ccnc1Cc1cccc(F)c1. The van der Waals surface area contributed by atoms with Crippen molar-refractivity contribution in [2.24, 2.45) is 0 Å². The van der Waals surface area contributed by atoms with Gasteiger partial charge in [-0.25, -0.2) is 4.39 Å². The monoisotopic (exact) mass is 372 g/mol. The second kappa shape index (κ2) is 7.44. The van der Waals surface area contributed by atoms with Crippen LogP contribution in [0.4, 0.5) is 15.8 Å². The largest absolute Gasteiger partial charge is 0.396 e. The van der Waals surface area contributed by atoms with Crippen LogP contribution >= 0.6 is 0 Å². The third kappa shape index (κ3) is 3.53. The van der Waals surface area contributed by atoms with Crippen LogP contribution in [0, 0.1) is 5.82 Å². The molecule has 4 aromatic rings. The van der Waals surface area contributed by atoms with Gasteiger partial charge in [-0.15, -0.1) is 0 Å². The van der Waals surface area contributed by atoms with E-state index in [-0.39, 0.29) is 11.7 Å². The number of nitrogens with one attached hydrogen (secondary N) is 1. The molecule has 0 fully saturated rings. The van der Waals surface area contributed by atoms with Gasteiger partial charge < -0.3 is 11.1 Å². The number of amides is 1. The van der Waals surface area contributed by atoms with E-state index >= 15 is 0 Å². The minimum absolute atomic E-state index is 0.307. The normalized spacial score (nSPS) is 10.8. The number of nitrogens with zero attached hydrogens (tertiary/aromatic N) is 2. The molecule has 0 saturated heterocycles. The summed E-state index contributed by atoms with van der Waals surface area (Å²) in [5.41, 5.74) is 8.81. The van der Waals surface area contributed by atoms with Crippen LogP contribution in [0.1, 0.15) is 21.6 Å². The first-order chi connectivity index (χ1) is 13.6. The number of fused-ring (bicyclic) bond motifs is 1. The van der Waals surface area contributed by atoms with Crippen LogP contribution in [0.5, 0.6) is 0 Å². The molecule has 0 radical (unpaired) electrons. The zero-order valence-corrected chi connectivity index (χ0v) is 14.9. The molecular formula is C22H17FN4O. The van der Waals surface area contributed by atoms with Gasteiger partial charge in [-0.1, -0.05) is 36.4 Å². The molecule has 2 aromatic carbocycles. The van der Waals surface area contributed by atoms with E-state index in [2.05, 4.69) is 15.3 Å². The molecule has 1 amide bonds. The van der Waals surface area contributed by atoms with Crippen molar-refractivity contribution in [3.63, 3.8) is 0 Å². The number of nitrogens with two attached hydrogens (primary N) is 1. The minimum atomic E-state index is -0.316. The Morgan fingerprint density at radius 2 is 1.93 bits per heavy atom. The maximum atomic E-state index is 13.4. The lowest BCUT2D eigenvalue weighted by molar-refractivity contribution is 0.102. The molecule has 0 unspecified atom stereocenters.